The number of nitrogens with zero attached hydrogens (tertiary/aromatic N) is 1. The third kappa shape index (κ3) is 3.54. The molecule has 1 aliphatic rings. The molecule has 0 bridgehead atoms. The molecule has 132 valence electrons. The molecule has 1 heterocycles. The summed E-state index contributed by atoms with van der Waals surface area (Å²) in [5, 5.41) is 10.1. The number of para-hydroxylation sites is 1. The van der Waals surface area contributed by atoms with Crippen LogP contribution in [0.3, 0.4) is 0 Å². The number of aryl methyl sites for hydroxylation is 1. The number of carboxylic acid groups (broad SMARTS) is 1. The van der Waals surface area contributed by atoms with Gasteiger partial charge < -0.3 is 9.84 Å². The van der Waals surface area contributed by atoms with Crippen LogP contribution in [-0.4, -0.2) is 16.1 Å². The minimum Gasteiger partial charge on any atom is -0.489 e. The van der Waals surface area contributed by atoms with Gasteiger partial charge in [0.05, 0.1) is 11.4 Å². The molecule has 0 radical (unpaired) electrons. The van der Waals surface area contributed by atoms with E-state index in [-0.39, 0.29) is 11.8 Å². The zero-order valence-corrected chi connectivity index (χ0v) is 14.7. The highest BCUT2D eigenvalue weighted by Crippen LogP contribution is 2.41. The normalized spacial score (nSPS) is 18.7. The summed E-state index contributed by atoms with van der Waals surface area (Å²) in [4.78, 5) is 15.5. The summed E-state index contributed by atoms with van der Waals surface area (Å²) in [5.41, 5.74) is 4.25. The van der Waals surface area contributed by atoms with Gasteiger partial charge >= 0.3 is 5.97 Å². The molecule has 0 aliphatic heterocycles. The molecule has 3 aromatic rings. The molecule has 0 saturated heterocycles. The standard InChI is InChI=1S/C22H21NO3/c1-14-10-17(19-4-2-3-5-21(19)23-14)13-26-18-8-6-15(7-9-18)11-16-12-20(16)22(24)25/h2-10,16,20H,11-13H2,1H3,(H,24,25)/t16-,20+/m1/s1. The highest BCUT2D eigenvalue weighted by molar-refractivity contribution is 5.82. The second-order valence-corrected chi connectivity index (χ2v) is 7.02. The SMILES string of the molecule is Cc1cc(COc2ccc(C[C@@H]3C[C@@H]3C(=O)O)cc2)c2ccccc2n1. The fraction of sp³-hybridized carbons (Fsp3) is 0.273. The van der Waals surface area contributed by atoms with E-state index in [0.29, 0.717) is 6.61 Å². The molecule has 26 heavy (non-hydrogen) atoms. The summed E-state index contributed by atoms with van der Waals surface area (Å²) in [7, 11) is 0. The molecule has 0 spiro atoms. The van der Waals surface area contributed by atoms with Gasteiger partial charge in [-0.2, -0.15) is 0 Å². The van der Waals surface area contributed by atoms with Crippen molar-refractivity contribution in [2.45, 2.75) is 26.4 Å². The number of ether oxygens (including phenoxy) is 1. The fourth-order valence-corrected chi connectivity index (χ4v) is 3.48. The van der Waals surface area contributed by atoms with E-state index < -0.39 is 5.97 Å². The number of aliphatic carboxylic acids is 1. The summed E-state index contributed by atoms with van der Waals surface area (Å²) in [6, 6.07) is 18.1. The van der Waals surface area contributed by atoms with Gasteiger partial charge in [0.25, 0.3) is 0 Å². The molecule has 0 unspecified atom stereocenters. The Hall–Kier alpha value is -2.88. The van der Waals surface area contributed by atoms with Crippen molar-refractivity contribution < 1.29 is 14.6 Å². The average Bonchev–Trinajstić information content (AvgIpc) is 3.40. The number of hydrogen-bond donors (Lipinski definition) is 1. The number of pyridine rings is 1. The van der Waals surface area contributed by atoms with E-state index in [1.165, 1.54) is 0 Å². The van der Waals surface area contributed by atoms with Gasteiger partial charge in [-0.1, -0.05) is 30.3 Å². The fourth-order valence-electron chi connectivity index (χ4n) is 3.48. The number of rotatable bonds is 6. The number of fused-ring (bicyclic) bond motifs is 1. The summed E-state index contributed by atoms with van der Waals surface area (Å²) in [6.45, 7) is 2.49. The maximum absolute atomic E-state index is 10.9. The third-order valence-electron chi connectivity index (χ3n) is 4.99. The van der Waals surface area contributed by atoms with Crippen LogP contribution in [0.5, 0.6) is 5.75 Å². The van der Waals surface area contributed by atoms with E-state index in [9.17, 15) is 4.79 Å². The van der Waals surface area contributed by atoms with Gasteiger partial charge in [-0.15, -0.1) is 0 Å². The first-order valence-corrected chi connectivity index (χ1v) is 8.90. The molecular weight excluding hydrogens is 326 g/mol. The molecule has 2 aromatic carbocycles. The predicted octanol–water partition coefficient (Wildman–Crippen LogP) is 4.39. The Balaban J connectivity index is 1.42. The van der Waals surface area contributed by atoms with Gasteiger partial charge in [0.2, 0.25) is 0 Å². The van der Waals surface area contributed by atoms with Gasteiger partial charge in [-0.3, -0.25) is 9.78 Å². The van der Waals surface area contributed by atoms with E-state index >= 15 is 0 Å². The summed E-state index contributed by atoms with van der Waals surface area (Å²) in [5.74, 6) is 0.271. The molecule has 1 aliphatic carbocycles. The maximum Gasteiger partial charge on any atom is 0.306 e. The van der Waals surface area contributed by atoms with E-state index in [0.717, 1.165) is 46.3 Å². The molecule has 2 atom stereocenters. The van der Waals surface area contributed by atoms with Crippen molar-refractivity contribution in [2.75, 3.05) is 0 Å². The maximum atomic E-state index is 10.9. The second kappa shape index (κ2) is 6.79. The first-order chi connectivity index (χ1) is 12.6. The van der Waals surface area contributed by atoms with Crippen molar-refractivity contribution in [2.24, 2.45) is 11.8 Å². The smallest absolute Gasteiger partial charge is 0.306 e. The van der Waals surface area contributed by atoms with Crippen molar-refractivity contribution in [1.29, 1.82) is 0 Å². The second-order valence-electron chi connectivity index (χ2n) is 7.02. The zero-order valence-electron chi connectivity index (χ0n) is 14.7. The monoisotopic (exact) mass is 347 g/mol. The van der Waals surface area contributed by atoms with Crippen molar-refractivity contribution in [3.05, 3.63) is 71.4 Å². The Morgan fingerprint density at radius 2 is 1.96 bits per heavy atom. The molecule has 1 aromatic heterocycles. The Kier molecular flexibility index (Phi) is 4.33. The molecule has 1 saturated carbocycles. The van der Waals surface area contributed by atoms with E-state index in [2.05, 4.69) is 17.1 Å². The van der Waals surface area contributed by atoms with Crippen LogP contribution in [0.2, 0.25) is 0 Å². The Labute approximate surface area is 152 Å². The van der Waals surface area contributed by atoms with E-state index in [4.69, 9.17) is 9.84 Å². The Morgan fingerprint density at radius 3 is 2.69 bits per heavy atom. The Morgan fingerprint density at radius 1 is 1.19 bits per heavy atom. The van der Waals surface area contributed by atoms with Crippen LogP contribution in [0.4, 0.5) is 0 Å². The number of carboxylic acids is 1. The van der Waals surface area contributed by atoms with Gasteiger partial charge in [-0.05, 0) is 55.5 Å². The highest BCUT2D eigenvalue weighted by Gasteiger charge is 2.42. The first-order valence-electron chi connectivity index (χ1n) is 8.90. The van der Waals surface area contributed by atoms with Crippen molar-refractivity contribution in [3.8, 4) is 5.75 Å². The summed E-state index contributed by atoms with van der Waals surface area (Å²) >= 11 is 0. The minimum atomic E-state index is -0.671. The van der Waals surface area contributed by atoms with Crippen LogP contribution in [0.1, 0.15) is 23.2 Å². The van der Waals surface area contributed by atoms with E-state index in [1.807, 2.05) is 49.4 Å². The van der Waals surface area contributed by atoms with Crippen LogP contribution >= 0.6 is 0 Å². The number of benzene rings is 2. The van der Waals surface area contributed by atoms with E-state index in [1.54, 1.807) is 0 Å². The number of aromatic nitrogens is 1. The quantitative estimate of drug-likeness (QED) is 0.719. The molecule has 4 heteroatoms. The molecule has 4 rings (SSSR count). The highest BCUT2D eigenvalue weighted by atomic mass is 16.5. The average molecular weight is 347 g/mol. The van der Waals surface area contributed by atoms with Crippen LogP contribution in [-0.2, 0) is 17.8 Å². The largest absolute Gasteiger partial charge is 0.489 e. The van der Waals surface area contributed by atoms with Crippen LogP contribution < -0.4 is 4.74 Å². The zero-order chi connectivity index (χ0) is 18.1. The lowest BCUT2D eigenvalue weighted by atomic mass is 10.1. The van der Waals surface area contributed by atoms with Crippen molar-refractivity contribution in [3.63, 3.8) is 0 Å². The van der Waals surface area contributed by atoms with Crippen LogP contribution in [0.15, 0.2) is 54.6 Å². The predicted molar refractivity (Wildman–Crippen MR) is 100 cm³/mol. The van der Waals surface area contributed by atoms with Crippen LogP contribution in [0.25, 0.3) is 10.9 Å². The van der Waals surface area contributed by atoms with Crippen molar-refractivity contribution >= 4 is 16.9 Å². The number of hydrogen-bond acceptors (Lipinski definition) is 3. The van der Waals surface area contributed by atoms with Gasteiger partial charge in [0.1, 0.15) is 12.4 Å². The summed E-state index contributed by atoms with van der Waals surface area (Å²) in [6.07, 6.45) is 1.62. The van der Waals surface area contributed by atoms with Gasteiger partial charge in [0.15, 0.2) is 0 Å². The van der Waals surface area contributed by atoms with Crippen molar-refractivity contribution in [1.82, 2.24) is 4.98 Å². The van der Waals surface area contributed by atoms with Gasteiger partial charge in [-0.25, -0.2) is 0 Å². The lowest BCUT2D eigenvalue weighted by Gasteiger charge is -2.10. The third-order valence-corrected chi connectivity index (χ3v) is 4.99. The number of carbonyl (C=O) groups is 1. The topological polar surface area (TPSA) is 59.4 Å². The molecular formula is C22H21NO3. The Bertz CT molecular complexity index is 949. The van der Waals surface area contributed by atoms with Gasteiger partial charge in [0, 0.05) is 16.6 Å². The summed E-state index contributed by atoms with van der Waals surface area (Å²) < 4.78 is 5.97. The molecule has 4 nitrogen and oxygen atoms in total. The molecule has 0 amide bonds. The minimum absolute atomic E-state index is 0.158. The first kappa shape index (κ1) is 16.6. The molecule has 1 N–H and O–H groups in total. The lowest BCUT2D eigenvalue weighted by molar-refractivity contribution is -0.138. The lowest BCUT2D eigenvalue weighted by Crippen LogP contribution is -2.01. The van der Waals surface area contributed by atoms with Crippen LogP contribution in [0, 0.1) is 18.8 Å². The molecule has 1 fully saturated rings.